The fourth-order valence-corrected chi connectivity index (χ4v) is 4.99. The van der Waals surface area contributed by atoms with Crippen molar-refractivity contribution in [1.82, 2.24) is 4.90 Å². The van der Waals surface area contributed by atoms with Crippen LogP contribution in [0.1, 0.15) is 41.6 Å². The number of benzene rings is 2. The van der Waals surface area contributed by atoms with Gasteiger partial charge in [-0.05, 0) is 68.1 Å². The first-order chi connectivity index (χ1) is 15.9. The second-order valence-electron chi connectivity index (χ2n) is 8.13. The third-order valence-corrected chi connectivity index (χ3v) is 7.21. The highest BCUT2D eigenvalue weighted by molar-refractivity contribution is 8.15. The Balaban J connectivity index is 1.28. The summed E-state index contributed by atoms with van der Waals surface area (Å²) < 4.78 is 0. The van der Waals surface area contributed by atoms with Crippen LogP contribution < -0.4 is 10.6 Å². The van der Waals surface area contributed by atoms with E-state index in [0.717, 1.165) is 36.7 Å². The number of hydrogen-bond acceptors (Lipinski definition) is 5. The number of amides is 3. The monoisotopic (exact) mass is 484 g/mol. The Morgan fingerprint density at radius 2 is 1.76 bits per heavy atom. The number of aryl methyl sites for hydroxylation is 1. The van der Waals surface area contributed by atoms with Crippen LogP contribution >= 0.6 is 23.4 Å². The number of aliphatic imine (C=N–C) groups is 1. The third kappa shape index (κ3) is 5.94. The summed E-state index contributed by atoms with van der Waals surface area (Å²) in [5.41, 5.74) is 2.55. The molecular weight excluding hydrogens is 460 g/mol. The Morgan fingerprint density at radius 3 is 2.45 bits per heavy atom. The highest BCUT2D eigenvalue weighted by atomic mass is 35.5. The Kier molecular flexibility index (Phi) is 7.35. The molecule has 0 bridgehead atoms. The zero-order valence-electron chi connectivity index (χ0n) is 18.3. The summed E-state index contributed by atoms with van der Waals surface area (Å²) in [6, 6.07) is 11.9. The van der Waals surface area contributed by atoms with Crippen LogP contribution in [0.5, 0.6) is 0 Å². The first kappa shape index (κ1) is 23.3. The van der Waals surface area contributed by atoms with Gasteiger partial charge >= 0.3 is 0 Å². The average molecular weight is 485 g/mol. The lowest BCUT2D eigenvalue weighted by Gasteiger charge is -2.27. The molecule has 7 nitrogen and oxygen atoms in total. The minimum absolute atomic E-state index is 0.0563. The molecule has 0 saturated carbocycles. The molecule has 4 rings (SSSR count). The Morgan fingerprint density at radius 1 is 1.06 bits per heavy atom. The number of rotatable bonds is 5. The van der Waals surface area contributed by atoms with Gasteiger partial charge in [-0.2, -0.15) is 4.99 Å². The van der Waals surface area contributed by atoms with Gasteiger partial charge in [0.15, 0.2) is 5.17 Å². The van der Waals surface area contributed by atoms with Gasteiger partial charge in [0.25, 0.3) is 11.8 Å². The maximum Gasteiger partial charge on any atom is 0.262 e. The molecule has 2 aromatic carbocycles. The smallest absolute Gasteiger partial charge is 0.262 e. The topological polar surface area (TPSA) is 90.9 Å². The van der Waals surface area contributed by atoms with Gasteiger partial charge in [-0.15, -0.1) is 0 Å². The maximum atomic E-state index is 12.5. The summed E-state index contributed by atoms with van der Waals surface area (Å²) in [6.07, 6.45) is 3.47. The first-order valence-electron chi connectivity index (χ1n) is 10.9. The van der Waals surface area contributed by atoms with Crippen LogP contribution in [0.15, 0.2) is 47.5 Å². The van der Waals surface area contributed by atoms with E-state index in [1.54, 1.807) is 36.4 Å². The van der Waals surface area contributed by atoms with Crippen molar-refractivity contribution in [1.29, 1.82) is 0 Å². The number of nitrogens with zero attached hydrogens (tertiary/aromatic N) is 2. The fraction of sp³-hybridized carbons (Fsp3) is 0.333. The maximum absolute atomic E-state index is 12.5. The molecule has 0 aliphatic carbocycles. The fourth-order valence-electron chi connectivity index (χ4n) is 3.69. The average Bonchev–Trinajstić information content (AvgIpc) is 3.17. The van der Waals surface area contributed by atoms with Gasteiger partial charge in [-0.1, -0.05) is 29.4 Å². The van der Waals surface area contributed by atoms with Crippen molar-refractivity contribution in [3.63, 3.8) is 0 Å². The molecule has 0 aromatic heterocycles. The summed E-state index contributed by atoms with van der Waals surface area (Å²) in [5, 5.41) is 6.43. The van der Waals surface area contributed by atoms with Crippen molar-refractivity contribution in [2.24, 2.45) is 4.99 Å². The van der Waals surface area contributed by atoms with Gasteiger partial charge in [0.2, 0.25) is 5.91 Å². The number of piperidine rings is 1. The molecule has 0 spiro atoms. The normalized spacial score (nSPS) is 18.1. The number of hydrogen-bond donors (Lipinski definition) is 2. The number of carbonyl (C=O) groups is 3. The molecule has 0 radical (unpaired) electrons. The molecule has 0 unspecified atom stereocenters. The van der Waals surface area contributed by atoms with Crippen molar-refractivity contribution in [2.75, 3.05) is 23.7 Å². The summed E-state index contributed by atoms with van der Waals surface area (Å²) in [7, 11) is 0. The predicted molar refractivity (Wildman–Crippen MR) is 133 cm³/mol. The molecule has 2 aromatic rings. The number of nitrogens with one attached hydrogen (secondary N) is 2. The number of anilines is 2. The lowest BCUT2D eigenvalue weighted by Crippen LogP contribution is -2.33. The Labute approximate surface area is 202 Å². The molecule has 3 amide bonds. The van der Waals surface area contributed by atoms with Crippen molar-refractivity contribution in [3.05, 3.63) is 58.6 Å². The van der Waals surface area contributed by atoms with Crippen LogP contribution in [0.4, 0.5) is 11.4 Å². The highest BCUT2D eigenvalue weighted by Crippen LogP contribution is 2.29. The Bertz CT molecular complexity index is 1100. The summed E-state index contributed by atoms with van der Waals surface area (Å²) in [4.78, 5) is 43.5. The van der Waals surface area contributed by atoms with Gasteiger partial charge in [-0.3, -0.25) is 14.4 Å². The summed E-state index contributed by atoms with van der Waals surface area (Å²) in [6.45, 7) is 3.71. The predicted octanol–water partition coefficient (Wildman–Crippen LogP) is 4.71. The van der Waals surface area contributed by atoms with Crippen LogP contribution in [0, 0.1) is 6.92 Å². The minimum atomic E-state index is -0.492. The van der Waals surface area contributed by atoms with Crippen LogP contribution in [-0.4, -0.2) is 46.1 Å². The molecule has 2 N–H and O–H groups in total. The standard InChI is InChI=1S/C24H25ClN4O3S/c1-15-5-8-18(13-19(15)25)27-22(31)16-6-9-17(10-7-16)26-21(30)14-20-23(32)28-24(33-20)29-11-3-2-4-12-29/h5-10,13,20H,2-4,11-12,14H2,1H3,(H,26,30)(H,27,31)/t20-/m1/s1. The summed E-state index contributed by atoms with van der Waals surface area (Å²) >= 11 is 7.48. The molecule has 2 aliphatic rings. The zero-order valence-corrected chi connectivity index (χ0v) is 19.8. The lowest BCUT2D eigenvalue weighted by molar-refractivity contribution is -0.121. The number of carbonyl (C=O) groups excluding carboxylic acids is 3. The first-order valence-corrected chi connectivity index (χ1v) is 12.2. The number of likely N-dealkylation sites (tertiary alicyclic amines) is 1. The SMILES string of the molecule is Cc1ccc(NC(=O)c2ccc(NC(=O)C[C@H]3SC(N4CCCCC4)=NC3=O)cc2)cc1Cl. The Hall–Kier alpha value is -2.84. The quantitative estimate of drug-likeness (QED) is 0.641. The van der Waals surface area contributed by atoms with Crippen LogP contribution in [0.2, 0.25) is 5.02 Å². The van der Waals surface area contributed by atoms with E-state index in [4.69, 9.17) is 11.6 Å². The van der Waals surface area contributed by atoms with Crippen molar-refractivity contribution in [2.45, 2.75) is 37.9 Å². The largest absolute Gasteiger partial charge is 0.351 e. The molecule has 172 valence electrons. The van der Waals surface area contributed by atoms with E-state index < -0.39 is 5.25 Å². The molecule has 1 saturated heterocycles. The van der Waals surface area contributed by atoms with Crippen LogP contribution in [0.25, 0.3) is 0 Å². The molecular formula is C24H25ClN4O3S. The molecule has 33 heavy (non-hydrogen) atoms. The van der Waals surface area contributed by atoms with Crippen LogP contribution in [0.3, 0.4) is 0 Å². The van der Waals surface area contributed by atoms with Gasteiger partial charge in [0, 0.05) is 41.5 Å². The summed E-state index contributed by atoms with van der Waals surface area (Å²) in [5.74, 6) is -0.787. The third-order valence-electron chi connectivity index (χ3n) is 5.59. The second kappa shape index (κ2) is 10.4. The van der Waals surface area contributed by atoms with Gasteiger partial charge in [0.05, 0.1) is 0 Å². The van der Waals surface area contributed by atoms with E-state index in [-0.39, 0.29) is 24.1 Å². The molecule has 9 heteroatoms. The van der Waals surface area contributed by atoms with Gasteiger partial charge < -0.3 is 15.5 Å². The molecule has 1 fully saturated rings. The molecule has 1 atom stereocenters. The second-order valence-corrected chi connectivity index (χ2v) is 9.71. The van der Waals surface area contributed by atoms with E-state index in [1.807, 2.05) is 13.0 Å². The molecule has 2 aliphatic heterocycles. The van der Waals surface area contributed by atoms with Gasteiger partial charge in [-0.25, -0.2) is 0 Å². The number of halogens is 1. The van der Waals surface area contributed by atoms with Gasteiger partial charge in [0.1, 0.15) is 5.25 Å². The highest BCUT2D eigenvalue weighted by Gasteiger charge is 2.33. The van der Waals surface area contributed by atoms with E-state index >= 15 is 0 Å². The van der Waals surface area contributed by atoms with E-state index in [9.17, 15) is 14.4 Å². The lowest BCUT2D eigenvalue weighted by atomic mass is 10.1. The van der Waals surface area contributed by atoms with E-state index in [1.165, 1.54) is 18.2 Å². The van der Waals surface area contributed by atoms with Crippen molar-refractivity contribution < 1.29 is 14.4 Å². The minimum Gasteiger partial charge on any atom is -0.351 e. The van der Waals surface area contributed by atoms with E-state index in [0.29, 0.717) is 22.0 Å². The van der Waals surface area contributed by atoms with Crippen molar-refractivity contribution >= 4 is 57.6 Å². The number of amidine groups is 1. The van der Waals surface area contributed by atoms with E-state index in [2.05, 4.69) is 20.5 Å². The van der Waals surface area contributed by atoms with Crippen LogP contribution in [-0.2, 0) is 9.59 Å². The number of thioether (sulfide) groups is 1. The van der Waals surface area contributed by atoms with Crippen molar-refractivity contribution in [3.8, 4) is 0 Å². The zero-order chi connectivity index (χ0) is 23.4. The molecule has 2 heterocycles.